The minimum absolute atomic E-state index is 0.115. The van der Waals surface area contributed by atoms with Gasteiger partial charge in [-0.05, 0) is 73.5 Å². The topological polar surface area (TPSA) is 70.6 Å². The van der Waals surface area contributed by atoms with Crippen LogP contribution in [-0.4, -0.2) is 25.9 Å². The summed E-state index contributed by atoms with van der Waals surface area (Å²) in [5.74, 6) is -0.277. The second-order valence-electron chi connectivity index (χ2n) is 8.97. The van der Waals surface area contributed by atoms with E-state index in [9.17, 15) is 13.2 Å². The van der Waals surface area contributed by atoms with Gasteiger partial charge in [-0.1, -0.05) is 71.5 Å². The van der Waals surface area contributed by atoms with Crippen molar-refractivity contribution in [1.29, 1.82) is 0 Å². The number of hydrogen-bond acceptors (Lipinski definition) is 5. The van der Waals surface area contributed by atoms with Crippen LogP contribution in [0.4, 0.5) is 10.8 Å². The van der Waals surface area contributed by atoms with E-state index in [-0.39, 0.29) is 17.3 Å². The van der Waals surface area contributed by atoms with E-state index in [0.717, 1.165) is 21.3 Å². The summed E-state index contributed by atoms with van der Waals surface area (Å²) in [5, 5.41) is 1.16. The first-order chi connectivity index (χ1) is 18.8. The third kappa shape index (κ3) is 5.54. The molecule has 198 valence electrons. The summed E-state index contributed by atoms with van der Waals surface area (Å²) in [6, 6.07) is 28.4. The van der Waals surface area contributed by atoms with Crippen molar-refractivity contribution in [3.63, 3.8) is 0 Å². The summed E-state index contributed by atoms with van der Waals surface area (Å²) in [7, 11) is -3.81. The molecule has 0 radical (unpaired) electrons. The number of amides is 1. The van der Waals surface area contributed by atoms with Crippen molar-refractivity contribution in [1.82, 2.24) is 4.98 Å². The molecule has 1 heterocycles. The van der Waals surface area contributed by atoms with Gasteiger partial charge in [0.2, 0.25) is 0 Å². The number of fused-ring (bicyclic) bond motifs is 1. The molecule has 1 amide bonds. The molecule has 1 aromatic heterocycles. The van der Waals surface area contributed by atoms with Crippen molar-refractivity contribution in [2.24, 2.45) is 0 Å². The van der Waals surface area contributed by atoms with Crippen LogP contribution in [0.5, 0.6) is 0 Å². The van der Waals surface area contributed by atoms with E-state index in [1.54, 1.807) is 48.2 Å². The summed E-state index contributed by atoms with van der Waals surface area (Å²) >= 11 is 7.67. The summed E-state index contributed by atoms with van der Waals surface area (Å²) in [6.45, 7) is 4.31. The smallest absolute Gasteiger partial charge is 0.264 e. The molecule has 0 N–H and O–H groups in total. The Kier molecular flexibility index (Phi) is 7.70. The predicted molar refractivity (Wildman–Crippen MR) is 159 cm³/mol. The Morgan fingerprint density at radius 1 is 0.923 bits per heavy atom. The van der Waals surface area contributed by atoms with Crippen molar-refractivity contribution in [2.45, 2.75) is 25.3 Å². The van der Waals surface area contributed by atoms with Gasteiger partial charge in [-0.15, -0.1) is 0 Å². The molecule has 4 aromatic carbocycles. The van der Waals surface area contributed by atoms with E-state index in [1.807, 2.05) is 55.5 Å². The molecule has 0 aliphatic heterocycles. The summed E-state index contributed by atoms with van der Waals surface area (Å²) in [5.41, 5.74) is 3.62. The van der Waals surface area contributed by atoms with Crippen molar-refractivity contribution in [2.75, 3.05) is 15.7 Å². The van der Waals surface area contributed by atoms with E-state index in [4.69, 9.17) is 16.6 Å². The molecule has 5 aromatic rings. The highest BCUT2D eigenvalue weighted by Gasteiger charge is 2.26. The number of carbonyl (C=O) groups excluding carboxylic acids is 1. The molecule has 0 bridgehead atoms. The Bertz CT molecular complexity index is 1720. The zero-order chi connectivity index (χ0) is 27.6. The number of benzene rings is 4. The SMILES string of the molecule is CCN(c1ccccc1)S(=O)(=O)c1ccc(C(=O)N(Cc2ccccc2)c2nc3c(C)cc(Cl)cc3s2)cc1. The summed E-state index contributed by atoms with van der Waals surface area (Å²) in [4.78, 5) is 20.4. The second kappa shape index (κ2) is 11.2. The fourth-order valence-corrected chi connectivity index (χ4v) is 7.28. The van der Waals surface area contributed by atoms with Crippen LogP contribution in [0.15, 0.2) is 102 Å². The molecule has 5 rings (SSSR count). The lowest BCUT2D eigenvalue weighted by molar-refractivity contribution is 0.0985. The number of aromatic nitrogens is 1. The maximum absolute atomic E-state index is 13.9. The molecule has 0 saturated heterocycles. The van der Waals surface area contributed by atoms with Gasteiger partial charge in [0.05, 0.1) is 27.3 Å². The molecule has 0 saturated carbocycles. The van der Waals surface area contributed by atoms with Gasteiger partial charge >= 0.3 is 0 Å². The summed E-state index contributed by atoms with van der Waals surface area (Å²) < 4.78 is 29.1. The number of hydrogen-bond donors (Lipinski definition) is 0. The van der Waals surface area contributed by atoms with Crippen molar-refractivity contribution in [3.05, 3.63) is 119 Å². The lowest BCUT2D eigenvalue weighted by Gasteiger charge is -2.23. The average Bonchev–Trinajstić information content (AvgIpc) is 3.37. The Hall–Kier alpha value is -3.72. The molecule has 39 heavy (non-hydrogen) atoms. The number of halogens is 1. The van der Waals surface area contributed by atoms with E-state index in [1.165, 1.54) is 27.8 Å². The predicted octanol–water partition coefficient (Wildman–Crippen LogP) is 7.32. The number of para-hydroxylation sites is 1. The van der Waals surface area contributed by atoms with Gasteiger partial charge in [0.25, 0.3) is 15.9 Å². The molecule has 0 atom stereocenters. The highest BCUT2D eigenvalue weighted by Crippen LogP contribution is 2.34. The first kappa shape index (κ1) is 26.9. The number of anilines is 2. The minimum Gasteiger partial charge on any atom is -0.279 e. The van der Waals surface area contributed by atoms with Gasteiger partial charge in [0, 0.05) is 17.1 Å². The van der Waals surface area contributed by atoms with E-state index >= 15 is 0 Å². The van der Waals surface area contributed by atoms with Crippen LogP contribution in [-0.2, 0) is 16.6 Å². The Morgan fingerprint density at radius 3 is 2.21 bits per heavy atom. The number of thiazole rings is 1. The van der Waals surface area contributed by atoms with Gasteiger partial charge < -0.3 is 0 Å². The monoisotopic (exact) mass is 575 g/mol. The standard InChI is InChI=1S/C30H26ClN3O3S2/c1-3-34(25-12-8-5-9-13-25)39(36,37)26-16-14-23(15-17-26)29(35)33(20-22-10-6-4-7-11-22)30-32-28-21(2)18-24(31)19-27(28)38-30/h4-19H,3,20H2,1-2H3. The van der Waals surface area contributed by atoms with Crippen LogP contribution in [0.1, 0.15) is 28.4 Å². The molecule has 0 fully saturated rings. The van der Waals surface area contributed by atoms with E-state index in [0.29, 0.717) is 27.9 Å². The normalized spacial score (nSPS) is 11.5. The third-order valence-corrected chi connectivity index (χ3v) is 9.48. The molecule has 0 aliphatic rings. The molecule has 0 aliphatic carbocycles. The average molecular weight is 576 g/mol. The van der Waals surface area contributed by atoms with Gasteiger partial charge in [0.15, 0.2) is 5.13 Å². The zero-order valence-electron chi connectivity index (χ0n) is 21.4. The fourth-order valence-electron chi connectivity index (χ4n) is 4.39. The maximum Gasteiger partial charge on any atom is 0.264 e. The number of carbonyl (C=O) groups is 1. The highest BCUT2D eigenvalue weighted by molar-refractivity contribution is 7.92. The van der Waals surface area contributed by atoms with Gasteiger partial charge in [-0.2, -0.15) is 0 Å². The molecular formula is C30H26ClN3O3S2. The second-order valence-corrected chi connectivity index (χ2v) is 12.3. The Morgan fingerprint density at radius 2 is 1.56 bits per heavy atom. The summed E-state index contributed by atoms with van der Waals surface area (Å²) in [6.07, 6.45) is 0. The van der Waals surface area contributed by atoms with Crippen molar-refractivity contribution in [3.8, 4) is 0 Å². The molecule has 0 unspecified atom stereocenters. The number of rotatable bonds is 8. The Labute approximate surface area is 237 Å². The minimum atomic E-state index is -3.81. The number of nitrogens with zero attached hydrogens (tertiary/aromatic N) is 3. The molecule has 9 heteroatoms. The molecule has 6 nitrogen and oxygen atoms in total. The van der Waals surface area contributed by atoms with Crippen LogP contribution < -0.4 is 9.21 Å². The third-order valence-electron chi connectivity index (χ3n) is 6.32. The van der Waals surface area contributed by atoms with Gasteiger partial charge in [0.1, 0.15) is 0 Å². The van der Waals surface area contributed by atoms with Crippen molar-refractivity contribution < 1.29 is 13.2 Å². The molecular weight excluding hydrogens is 550 g/mol. The largest absolute Gasteiger partial charge is 0.279 e. The Balaban J connectivity index is 1.50. The van der Waals surface area contributed by atoms with Crippen LogP contribution in [0.2, 0.25) is 5.02 Å². The van der Waals surface area contributed by atoms with Crippen LogP contribution in [0.3, 0.4) is 0 Å². The van der Waals surface area contributed by atoms with E-state index in [2.05, 4.69) is 0 Å². The fraction of sp³-hybridized carbons (Fsp3) is 0.133. The highest BCUT2D eigenvalue weighted by atomic mass is 35.5. The van der Waals surface area contributed by atoms with Crippen LogP contribution in [0.25, 0.3) is 10.2 Å². The van der Waals surface area contributed by atoms with Gasteiger partial charge in [-0.3, -0.25) is 14.0 Å². The lowest BCUT2D eigenvalue weighted by Crippen LogP contribution is -2.31. The quantitative estimate of drug-likeness (QED) is 0.194. The van der Waals surface area contributed by atoms with Gasteiger partial charge in [-0.25, -0.2) is 13.4 Å². The van der Waals surface area contributed by atoms with Crippen LogP contribution in [0, 0.1) is 6.92 Å². The maximum atomic E-state index is 13.9. The number of sulfonamides is 1. The first-order valence-corrected chi connectivity index (χ1v) is 15.0. The van der Waals surface area contributed by atoms with E-state index < -0.39 is 10.0 Å². The molecule has 0 spiro atoms. The number of aryl methyl sites for hydroxylation is 1. The van der Waals surface area contributed by atoms with Crippen molar-refractivity contribution >= 4 is 59.9 Å². The zero-order valence-corrected chi connectivity index (χ0v) is 23.8. The van der Waals surface area contributed by atoms with Crippen LogP contribution >= 0.6 is 22.9 Å². The first-order valence-electron chi connectivity index (χ1n) is 12.4. The lowest BCUT2D eigenvalue weighted by atomic mass is 10.1.